The van der Waals surface area contributed by atoms with Gasteiger partial charge in [-0.05, 0) is 19.8 Å². The number of nitrogens with one attached hydrogen (secondary N) is 1. The normalized spacial score (nSPS) is 16.5. The molecule has 0 radical (unpaired) electrons. The highest BCUT2D eigenvalue weighted by molar-refractivity contribution is 5.75. The molecule has 0 aliphatic carbocycles. The van der Waals surface area contributed by atoms with Gasteiger partial charge in [-0.2, -0.15) is 5.10 Å². The quantitative estimate of drug-likeness (QED) is 0.753. The molecule has 1 aliphatic heterocycles. The fourth-order valence-corrected chi connectivity index (χ4v) is 2.18. The van der Waals surface area contributed by atoms with Crippen molar-refractivity contribution >= 4 is 5.91 Å². The third-order valence-corrected chi connectivity index (χ3v) is 3.17. The molecule has 0 aromatic carbocycles. The number of fused-ring (bicyclic) bond motifs is 1. The Bertz CT molecular complexity index is 504. The maximum Gasteiger partial charge on any atom is 0.346 e. The number of aromatic nitrogens is 3. The molecule has 2 rings (SSSR count). The van der Waals surface area contributed by atoms with Crippen molar-refractivity contribution in [2.75, 3.05) is 6.54 Å². The zero-order valence-electron chi connectivity index (χ0n) is 11.1. The van der Waals surface area contributed by atoms with E-state index in [1.807, 2.05) is 0 Å². The lowest BCUT2D eigenvalue weighted by Gasteiger charge is -2.06. The Morgan fingerprint density at radius 3 is 3.00 bits per heavy atom. The van der Waals surface area contributed by atoms with E-state index in [0.717, 1.165) is 31.5 Å². The van der Waals surface area contributed by atoms with Crippen molar-refractivity contribution in [1.82, 2.24) is 19.7 Å². The highest BCUT2D eigenvalue weighted by Gasteiger charge is 2.17. The first kappa shape index (κ1) is 13.8. The van der Waals surface area contributed by atoms with Crippen LogP contribution in [-0.4, -0.2) is 38.0 Å². The fourth-order valence-electron chi connectivity index (χ4n) is 2.18. The molecular formula is C12H20N4O3. The molecule has 0 saturated carbocycles. The Balaban J connectivity index is 2.05. The fraction of sp³-hybridized carbons (Fsp3) is 0.750. The van der Waals surface area contributed by atoms with Gasteiger partial charge in [0.05, 0.1) is 6.10 Å². The zero-order valence-corrected chi connectivity index (χ0v) is 11.1. The van der Waals surface area contributed by atoms with Crippen molar-refractivity contribution in [2.45, 2.75) is 51.8 Å². The molecule has 1 amide bonds. The van der Waals surface area contributed by atoms with Crippen molar-refractivity contribution in [3.8, 4) is 0 Å². The number of aliphatic hydroxyl groups is 1. The molecule has 1 aromatic rings. The summed E-state index contributed by atoms with van der Waals surface area (Å²) in [6.45, 7) is 2.36. The van der Waals surface area contributed by atoms with Crippen molar-refractivity contribution in [3.63, 3.8) is 0 Å². The van der Waals surface area contributed by atoms with Crippen LogP contribution in [0.15, 0.2) is 4.79 Å². The number of nitrogens with zero attached hydrogens (tertiary/aromatic N) is 3. The van der Waals surface area contributed by atoms with Crippen LogP contribution in [0.5, 0.6) is 0 Å². The molecule has 1 aromatic heterocycles. The number of aryl methyl sites for hydroxylation is 1. The Kier molecular flexibility index (Phi) is 4.36. The van der Waals surface area contributed by atoms with Crippen molar-refractivity contribution in [3.05, 3.63) is 16.3 Å². The Morgan fingerprint density at radius 2 is 2.26 bits per heavy atom. The van der Waals surface area contributed by atoms with Gasteiger partial charge in [0, 0.05) is 19.5 Å². The second kappa shape index (κ2) is 6.01. The van der Waals surface area contributed by atoms with Crippen LogP contribution in [0.1, 0.15) is 32.0 Å². The van der Waals surface area contributed by atoms with Gasteiger partial charge in [0.2, 0.25) is 5.91 Å². The molecule has 19 heavy (non-hydrogen) atoms. The predicted molar refractivity (Wildman–Crippen MR) is 68.7 cm³/mol. The third-order valence-electron chi connectivity index (χ3n) is 3.17. The largest absolute Gasteiger partial charge is 0.392 e. The maximum absolute atomic E-state index is 12.1. The van der Waals surface area contributed by atoms with Crippen LogP contribution in [0.25, 0.3) is 0 Å². The minimum Gasteiger partial charge on any atom is -0.392 e. The van der Waals surface area contributed by atoms with Crippen LogP contribution in [0, 0.1) is 0 Å². The van der Waals surface area contributed by atoms with Crippen LogP contribution in [0.4, 0.5) is 0 Å². The zero-order chi connectivity index (χ0) is 13.8. The molecule has 1 aliphatic rings. The van der Waals surface area contributed by atoms with Gasteiger partial charge in [-0.15, -0.1) is 0 Å². The lowest BCUT2D eigenvalue weighted by Crippen LogP contribution is -2.36. The third kappa shape index (κ3) is 3.44. The Labute approximate surface area is 111 Å². The number of hydrogen-bond acceptors (Lipinski definition) is 4. The van der Waals surface area contributed by atoms with Gasteiger partial charge in [-0.3, -0.25) is 9.36 Å². The van der Waals surface area contributed by atoms with E-state index in [2.05, 4.69) is 10.4 Å². The van der Waals surface area contributed by atoms with Crippen molar-refractivity contribution < 1.29 is 9.90 Å². The van der Waals surface area contributed by atoms with E-state index in [4.69, 9.17) is 5.11 Å². The molecule has 0 spiro atoms. The van der Waals surface area contributed by atoms with Gasteiger partial charge in [-0.25, -0.2) is 9.48 Å². The van der Waals surface area contributed by atoms with Gasteiger partial charge >= 0.3 is 5.69 Å². The first-order chi connectivity index (χ1) is 9.08. The summed E-state index contributed by atoms with van der Waals surface area (Å²) in [7, 11) is 0. The number of aliphatic hydroxyl groups excluding tert-OH is 1. The molecule has 7 heteroatoms. The molecule has 106 valence electrons. The minimum absolute atomic E-state index is 0.0917. The smallest absolute Gasteiger partial charge is 0.346 e. The molecule has 7 nitrogen and oxygen atoms in total. The molecule has 0 bridgehead atoms. The van der Waals surface area contributed by atoms with E-state index in [0.29, 0.717) is 6.54 Å². The Hall–Kier alpha value is -1.63. The van der Waals surface area contributed by atoms with Crippen LogP contribution in [0.3, 0.4) is 0 Å². The summed E-state index contributed by atoms with van der Waals surface area (Å²) >= 11 is 0. The van der Waals surface area contributed by atoms with E-state index < -0.39 is 6.10 Å². The average molecular weight is 268 g/mol. The summed E-state index contributed by atoms with van der Waals surface area (Å²) < 4.78 is 2.87. The summed E-state index contributed by atoms with van der Waals surface area (Å²) in [6.07, 6.45) is 3.31. The van der Waals surface area contributed by atoms with Gasteiger partial charge in [0.15, 0.2) is 0 Å². The molecule has 2 N–H and O–H groups in total. The average Bonchev–Trinajstić information content (AvgIpc) is 2.56. The first-order valence-electron chi connectivity index (χ1n) is 6.69. The Morgan fingerprint density at radius 1 is 1.47 bits per heavy atom. The summed E-state index contributed by atoms with van der Waals surface area (Å²) in [5.41, 5.74) is -0.218. The van der Waals surface area contributed by atoms with Gasteiger partial charge in [-0.1, -0.05) is 6.42 Å². The standard InChI is InChI=1S/C12H20N4O3/c1-9(17)7-13-11(18)8-16-12(19)15-6-4-2-3-5-10(15)14-16/h9,17H,2-8H2,1H3,(H,13,18). The van der Waals surface area contributed by atoms with Crippen LogP contribution in [-0.2, 0) is 24.3 Å². The lowest BCUT2D eigenvalue weighted by atomic mass is 10.2. The molecule has 0 fully saturated rings. The predicted octanol–water partition coefficient (Wildman–Crippen LogP) is -0.732. The SMILES string of the molecule is CC(O)CNC(=O)Cn1nc2n(c1=O)CCCCC2. The number of rotatable bonds is 4. The summed E-state index contributed by atoms with van der Waals surface area (Å²) in [5.74, 6) is 0.460. The maximum atomic E-state index is 12.1. The van der Waals surface area contributed by atoms with E-state index in [1.165, 1.54) is 4.68 Å². The van der Waals surface area contributed by atoms with Crippen LogP contribution in [0.2, 0.25) is 0 Å². The highest BCUT2D eigenvalue weighted by Crippen LogP contribution is 2.09. The lowest BCUT2D eigenvalue weighted by molar-refractivity contribution is -0.122. The molecule has 2 heterocycles. The van der Waals surface area contributed by atoms with Gasteiger partial charge in [0.25, 0.3) is 0 Å². The van der Waals surface area contributed by atoms with E-state index in [1.54, 1.807) is 11.5 Å². The summed E-state index contributed by atoms with van der Waals surface area (Å²) in [4.78, 5) is 23.7. The monoisotopic (exact) mass is 268 g/mol. The van der Waals surface area contributed by atoms with E-state index >= 15 is 0 Å². The summed E-state index contributed by atoms with van der Waals surface area (Å²) in [5, 5.41) is 15.9. The van der Waals surface area contributed by atoms with Crippen molar-refractivity contribution in [1.29, 1.82) is 0 Å². The molecule has 1 unspecified atom stereocenters. The molecular weight excluding hydrogens is 248 g/mol. The second-order valence-electron chi connectivity index (χ2n) is 4.97. The topological polar surface area (TPSA) is 89.2 Å². The number of amides is 1. The van der Waals surface area contributed by atoms with E-state index in [9.17, 15) is 9.59 Å². The van der Waals surface area contributed by atoms with Gasteiger partial charge < -0.3 is 10.4 Å². The molecule has 1 atom stereocenters. The van der Waals surface area contributed by atoms with Crippen LogP contribution < -0.4 is 11.0 Å². The van der Waals surface area contributed by atoms with Gasteiger partial charge in [0.1, 0.15) is 12.4 Å². The summed E-state index contributed by atoms with van der Waals surface area (Å²) in [6, 6.07) is 0. The van der Waals surface area contributed by atoms with Crippen LogP contribution >= 0.6 is 0 Å². The van der Waals surface area contributed by atoms with Crippen molar-refractivity contribution in [2.24, 2.45) is 0 Å². The number of carbonyl (C=O) groups is 1. The second-order valence-corrected chi connectivity index (χ2v) is 4.97. The number of carbonyl (C=O) groups excluding carboxylic acids is 1. The minimum atomic E-state index is -0.598. The highest BCUT2D eigenvalue weighted by atomic mass is 16.3. The first-order valence-corrected chi connectivity index (χ1v) is 6.69. The number of hydrogen-bond donors (Lipinski definition) is 2. The van der Waals surface area contributed by atoms with E-state index in [-0.39, 0.29) is 24.7 Å². The molecule has 0 saturated heterocycles.